The molecule has 2 aromatic carbocycles. The molecule has 0 atom stereocenters. The highest BCUT2D eigenvalue weighted by atomic mass is 32.1. The zero-order valence-electron chi connectivity index (χ0n) is 46.8. The van der Waals surface area contributed by atoms with Gasteiger partial charge >= 0.3 is 5.97 Å². The van der Waals surface area contributed by atoms with Crippen molar-refractivity contribution in [3.63, 3.8) is 0 Å². The van der Waals surface area contributed by atoms with E-state index in [1.165, 1.54) is 13.2 Å². The molecule has 1 N–H and O–H groups in total. The summed E-state index contributed by atoms with van der Waals surface area (Å²) in [6.07, 6.45) is -30.6. The topological polar surface area (TPSA) is 112 Å². The van der Waals surface area contributed by atoms with Crippen LogP contribution in [0.25, 0.3) is 36.7 Å². The molecule has 0 unspecified atom stereocenters. The van der Waals surface area contributed by atoms with Crippen molar-refractivity contribution in [1.82, 2.24) is 0 Å². The Balaban J connectivity index is 0.000000878. The van der Waals surface area contributed by atoms with Crippen molar-refractivity contribution in [2.24, 2.45) is 5.11 Å². The second-order valence-corrected chi connectivity index (χ2v) is 22.0. The summed E-state index contributed by atoms with van der Waals surface area (Å²) in [5.41, 5.74) is 10.0. The van der Waals surface area contributed by atoms with Crippen LogP contribution in [0, 0.1) is 0 Å². The Hall–Kier alpha value is -0.113. The summed E-state index contributed by atoms with van der Waals surface area (Å²) in [4.78, 5) is 24.6. The number of benzene rings is 2. The first kappa shape index (κ1) is 80.9. The number of nitrogens with zero attached hydrogens (tertiary/aromatic N) is 3. The van der Waals surface area contributed by atoms with Gasteiger partial charge in [0.1, 0.15) is 5.70 Å². The predicted molar refractivity (Wildman–Crippen MR) is 426 cm³/mol. The highest BCUT2D eigenvalue weighted by Gasteiger charge is 2.60. The van der Waals surface area contributed by atoms with Gasteiger partial charge in [0.05, 0.1) is 7.11 Å². The number of hydrogen-bond donors (Lipinski definition) is 1. The van der Waals surface area contributed by atoms with Gasteiger partial charge in [-0.1, -0.05) is 41.5 Å². The van der Waals surface area contributed by atoms with Gasteiger partial charge in [-0.3, -0.25) is 4.79 Å². The van der Waals surface area contributed by atoms with E-state index in [1.54, 1.807) is 22.7 Å². The summed E-state index contributed by atoms with van der Waals surface area (Å²) in [7, 11) is 177. The van der Waals surface area contributed by atoms with Crippen LogP contribution in [0.4, 0.5) is 0 Å². The summed E-state index contributed by atoms with van der Waals surface area (Å²) in [5.74, 6) is -0.652. The van der Waals surface area contributed by atoms with Crippen molar-refractivity contribution in [2.45, 2.75) is 0 Å². The first-order chi connectivity index (χ1) is 38.8. The van der Waals surface area contributed by atoms with Crippen molar-refractivity contribution < 1.29 is 19.4 Å². The molecule has 314 valence electrons. The normalized spacial score (nSPS) is 9.89. The fraction of sp³-hybridized carbons (Fsp3) is 0.0909. The third kappa shape index (κ3) is 23.0. The molecule has 2 heterocycles. The number of thiophene rings is 2. The summed E-state index contributed by atoms with van der Waals surface area (Å²) >= 11 is 3.17. The van der Waals surface area contributed by atoms with Gasteiger partial charge in [0.2, 0.25) is 0 Å². The van der Waals surface area contributed by atoms with Crippen LogP contribution in [0.1, 0.15) is 15.9 Å². The molecule has 61 heteroatoms. The van der Waals surface area contributed by atoms with Crippen molar-refractivity contribution in [1.29, 1.82) is 0 Å². The summed E-state index contributed by atoms with van der Waals surface area (Å²) < 4.78 is 6.68. The maximum absolute atomic E-state index is 11.4. The van der Waals surface area contributed by atoms with E-state index in [4.69, 9.17) is 220 Å². The average Bonchev–Trinajstić information content (AvgIpc) is 2.61. The van der Waals surface area contributed by atoms with E-state index in [0.717, 1.165) is 44.7 Å². The number of aldehydes is 1. The lowest BCUT2D eigenvalue weighted by molar-refractivity contribution is -0.136. The molecule has 0 saturated heterocycles. The Morgan fingerprint density at radius 1 is 0.446 bits per heavy atom. The van der Waals surface area contributed by atoms with Gasteiger partial charge in [0, 0.05) is 396 Å². The smallest absolute Gasteiger partial charge is 0.340 e. The molecule has 7 nitrogen and oxygen atoms in total. The maximum atomic E-state index is 11.4. The molecule has 0 fully saturated rings. The molecule has 0 spiro atoms. The summed E-state index contributed by atoms with van der Waals surface area (Å²) in [6.45, 7) is 0. The molecule has 0 saturated carbocycles. The van der Waals surface area contributed by atoms with Crippen LogP contribution in [0.2, 0.25) is 0 Å². The molecule has 0 aliphatic carbocycles. The van der Waals surface area contributed by atoms with Crippen LogP contribution in [0.3, 0.4) is 0 Å². The Bertz CT molecular complexity index is 2450. The number of fused-ring (bicyclic) bond motifs is 2. The third-order valence-electron chi connectivity index (χ3n) is 14.7. The second kappa shape index (κ2) is 39.9. The van der Waals surface area contributed by atoms with E-state index in [0.29, 0.717) is 0 Å². The number of ether oxygens (including phenoxy) is 1. The largest absolute Gasteiger partial charge is 0.466 e. The fourth-order valence-corrected chi connectivity index (χ4v) is 13.2. The van der Waals surface area contributed by atoms with Crippen molar-refractivity contribution in [2.75, 3.05) is 14.2 Å². The molecule has 0 bridgehead atoms. The van der Waals surface area contributed by atoms with Gasteiger partial charge in [-0.15, -0.1) is 22.7 Å². The van der Waals surface area contributed by atoms with Crippen LogP contribution >= 0.6 is 22.7 Å². The molecular formula is C22H19B52N3O4S2. The molecule has 4 rings (SSSR count). The molecule has 4 aromatic rings. The Kier molecular flexibility index (Phi) is 38.9. The van der Waals surface area contributed by atoms with Crippen LogP contribution in [-0.2, 0) is 9.53 Å². The standard InChI is InChI=1S/C12H9N3O2S.C9H6OS.CH4O.B52/c1-17-12(16)10(14-15-13)7-9-4-2-3-8-5-6-18-11(8)9;10-6-8-3-1-2-7-4-5-11-9(7)8;1-2;1-28(2)41(27)48(42(29(3)4)30(5)6)51(47(39(23)24)40(25)26)52(49(43(31(7)8)32(9)10)44(33(11)12)34(13)14)50(45(35(15)16)36(17)18)46(37(19)20)38(21)22/h2-7H,1H3;1-6H;2H,1H3;/b10-7-;;;. The fourth-order valence-electron chi connectivity index (χ4n) is 11.4. The Morgan fingerprint density at radius 3 is 1.00 bits per heavy atom. The van der Waals surface area contributed by atoms with E-state index in [9.17, 15) is 9.59 Å². The molecule has 0 amide bonds. The minimum absolute atomic E-state index is 0.0547. The van der Waals surface area contributed by atoms with E-state index in [2.05, 4.69) is 14.8 Å². The number of aliphatic hydroxyl groups is 1. The minimum atomic E-state index is -1.40. The van der Waals surface area contributed by atoms with Gasteiger partial charge in [-0.05, 0) is 50.8 Å². The van der Waals surface area contributed by atoms with Gasteiger partial charge in [-0.2, -0.15) is 0 Å². The molecule has 54 radical (unpaired) electrons. The van der Waals surface area contributed by atoms with Crippen molar-refractivity contribution in [3.8, 4) is 0 Å². The lowest BCUT2D eigenvalue weighted by Gasteiger charge is -2.57. The zero-order chi connectivity index (χ0) is 64.1. The van der Waals surface area contributed by atoms with Gasteiger partial charge in [0.25, 0.3) is 0 Å². The molecule has 2 aromatic heterocycles. The number of azide groups is 1. The van der Waals surface area contributed by atoms with Gasteiger partial charge in [-0.25, -0.2) is 4.79 Å². The van der Waals surface area contributed by atoms with E-state index >= 15 is 0 Å². The number of carbonyl (C=O) groups excluding carboxylic acids is 2. The highest BCUT2D eigenvalue weighted by molar-refractivity contribution is 8.36. The van der Waals surface area contributed by atoms with E-state index < -0.39 is 166 Å². The second-order valence-electron chi connectivity index (χ2n) is 20.1. The average molecular weight is 1020 g/mol. The molecule has 0 aliphatic rings. The number of carbonyl (C=O) groups is 2. The summed E-state index contributed by atoms with van der Waals surface area (Å²) in [6, 6.07) is 15.5. The number of rotatable bonds is 28. The molecule has 83 heavy (non-hydrogen) atoms. The lowest BCUT2D eigenvalue weighted by Crippen LogP contribution is -2.95. The van der Waals surface area contributed by atoms with Crippen molar-refractivity contribution in [3.05, 3.63) is 86.6 Å². The number of hydrogen-bond acceptors (Lipinski definition) is 7. The van der Waals surface area contributed by atoms with E-state index in [1.807, 2.05) is 59.3 Å². The first-order valence-corrected chi connectivity index (χ1v) is 27.6. The van der Waals surface area contributed by atoms with Crippen LogP contribution in [0.5, 0.6) is 0 Å². The number of methoxy groups -OCH3 is 1. The minimum Gasteiger partial charge on any atom is -0.466 e. The molecular weight excluding hydrogens is 997 g/mol. The monoisotopic (exact) mass is 1030 g/mol. The lowest BCUT2D eigenvalue weighted by atomic mass is 8.24. The number of esters is 1. The van der Waals surface area contributed by atoms with Crippen LogP contribution in [0.15, 0.2) is 70.1 Å². The zero-order valence-corrected chi connectivity index (χ0v) is 48.4. The maximum Gasteiger partial charge on any atom is 0.340 e. The predicted octanol–water partition coefficient (Wildman–Crippen LogP) is -13.8. The highest BCUT2D eigenvalue weighted by Crippen LogP contribution is 2.28. The SMILES string of the molecule is CO.COC(=O)/C(=C/c1cccc2ccsc12)N=[N+]=[N-].O=Cc1cccc2ccsc12.[B]B([B])B([B])B(B(B([B])[B])B([B])[B])B(B(B([B])[B])B([B])[B])B(B(B(B([B])[B])B([B])[B])B(B([B])[B])B([B])[B])B(B(B([B])[B])B([B])[B])B(B([B])[B])B([B])[B]. The Morgan fingerprint density at radius 2 is 0.723 bits per heavy atom. The van der Waals surface area contributed by atoms with Crippen LogP contribution < -0.4 is 0 Å². The van der Waals surface area contributed by atoms with Gasteiger partial charge < -0.3 is 9.84 Å². The Labute approximate surface area is 550 Å². The van der Waals surface area contributed by atoms with E-state index in [-0.39, 0.29) is 5.70 Å². The first-order valence-electron chi connectivity index (χ1n) is 25.9. The van der Waals surface area contributed by atoms with Crippen molar-refractivity contribution >= 4 is 430 Å². The third-order valence-corrected chi connectivity index (χ3v) is 16.6. The van der Waals surface area contributed by atoms with Crippen LogP contribution in [-0.4, -0.2) is 400 Å². The number of aliphatic hydroxyl groups excluding tert-OH is 1. The summed E-state index contributed by atoms with van der Waals surface area (Å²) in [5, 5.41) is 16.6. The van der Waals surface area contributed by atoms with Gasteiger partial charge in [0.15, 0.2) is 6.29 Å². The molecule has 0 aliphatic heterocycles. The quantitative estimate of drug-likeness (QED) is 0.0116.